The fraction of sp³-hybridized carbons (Fsp3) is 0.200. The van der Waals surface area contributed by atoms with Crippen LogP contribution in [0.2, 0.25) is 0 Å². The highest BCUT2D eigenvalue weighted by Gasteiger charge is 2.02. The van der Waals surface area contributed by atoms with E-state index < -0.39 is 0 Å². The summed E-state index contributed by atoms with van der Waals surface area (Å²) in [6.07, 6.45) is 0. The van der Waals surface area contributed by atoms with Gasteiger partial charge in [0.1, 0.15) is 12.1 Å². The van der Waals surface area contributed by atoms with Gasteiger partial charge in [0.25, 0.3) is 0 Å². The van der Waals surface area contributed by atoms with Crippen molar-refractivity contribution in [2.45, 2.75) is 13.0 Å². The molecule has 3 heteroatoms. The Bertz CT molecular complexity index is 370. The van der Waals surface area contributed by atoms with Gasteiger partial charge in [0.15, 0.2) is 0 Å². The summed E-state index contributed by atoms with van der Waals surface area (Å²) in [6, 6.07) is 10.9. The molecule has 0 fully saturated rings. The summed E-state index contributed by atoms with van der Waals surface area (Å²) in [7, 11) is 0. The number of nitrogens with zero attached hydrogens (tertiary/aromatic N) is 2. The SMILES string of the molecule is CC(C#N)Nc1ccccc1C#N. The van der Waals surface area contributed by atoms with Crippen LogP contribution in [0.5, 0.6) is 0 Å². The molecule has 1 N–H and O–H groups in total. The molecule has 0 bridgehead atoms. The molecule has 13 heavy (non-hydrogen) atoms. The lowest BCUT2D eigenvalue weighted by atomic mass is 10.2. The van der Waals surface area contributed by atoms with Crippen molar-refractivity contribution in [2.24, 2.45) is 0 Å². The first kappa shape index (κ1) is 9.09. The molecule has 0 aliphatic heterocycles. The summed E-state index contributed by atoms with van der Waals surface area (Å²) in [5.74, 6) is 0. The Morgan fingerprint density at radius 2 is 2.00 bits per heavy atom. The number of nitrogens with one attached hydrogen (secondary N) is 1. The quantitative estimate of drug-likeness (QED) is 0.739. The van der Waals surface area contributed by atoms with E-state index in [0.717, 1.165) is 0 Å². The van der Waals surface area contributed by atoms with Crippen molar-refractivity contribution in [2.75, 3.05) is 5.32 Å². The zero-order chi connectivity index (χ0) is 9.68. The van der Waals surface area contributed by atoms with Gasteiger partial charge in [-0.25, -0.2) is 0 Å². The molecule has 1 unspecified atom stereocenters. The van der Waals surface area contributed by atoms with Crippen LogP contribution in [-0.2, 0) is 0 Å². The van der Waals surface area contributed by atoms with E-state index in [9.17, 15) is 0 Å². The van der Waals surface area contributed by atoms with Crippen molar-refractivity contribution in [1.29, 1.82) is 10.5 Å². The largest absolute Gasteiger partial charge is 0.369 e. The van der Waals surface area contributed by atoms with Crippen LogP contribution in [0.3, 0.4) is 0 Å². The summed E-state index contributed by atoms with van der Waals surface area (Å²) >= 11 is 0. The first-order valence-corrected chi connectivity index (χ1v) is 3.93. The molecule has 3 nitrogen and oxygen atoms in total. The number of anilines is 1. The Morgan fingerprint density at radius 1 is 1.31 bits per heavy atom. The number of rotatable bonds is 2. The normalized spacial score (nSPS) is 11.0. The van der Waals surface area contributed by atoms with Gasteiger partial charge in [-0.05, 0) is 19.1 Å². The summed E-state index contributed by atoms with van der Waals surface area (Å²) in [6.45, 7) is 1.74. The Hall–Kier alpha value is -2.00. The monoisotopic (exact) mass is 171 g/mol. The number of nitriles is 2. The molecule has 0 heterocycles. The zero-order valence-electron chi connectivity index (χ0n) is 7.28. The number of hydrogen-bond donors (Lipinski definition) is 1. The van der Waals surface area contributed by atoms with Crippen molar-refractivity contribution in [1.82, 2.24) is 0 Å². The van der Waals surface area contributed by atoms with E-state index in [1.165, 1.54) is 0 Å². The maximum atomic E-state index is 8.73. The predicted octanol–water partition coefficient (Wildman–Crippen LogP) is 1.88. The lowest BCUT2D eigenvalue weighted by Gasteiger charge is -2.08. The molecule has 1 rings (SSSR count). The third-order valence-electron chi connectivity index (χ3n) is 1.61. The van der Waals surface area contributed by atoms with Crippen molar-refractivity contribution in [3.8, 4) is 12.1 Å². The van der Waals surface area contributed by atoms with Gasteiger partial charge in [0.05, 0.1) is 17.3 Å². The van der Waals surface area contributed by atoms with E-state index in [-0.39, 0.29) is 6.04 Å². The highest BCUT2D eigenvalue weighted by molar-refractivity contribution is 5.58. The summed E-state index contributed by atoms with van der Waals surface area (Å²) in [5, 5.41) is 20.2. The van der Waals surface area contributed by atoms with Gasteiger partial charge in [-0.15, -0.1) is 0 Å². The molecule has 0 radical (unpaired) electrons. The van der Waals surface area contributed by atoms with Gasteiger partial charge in [0, 0.05) is 0 Å². The molecule has 0 aliphatic carbocycles. The second kappa shape index (κ2) is 4.13. The van der Waals surface area contributed by atoms with Gasteiger partial charge in [0.2, 0.25) is 0 Å². The Kier molecular flexibility index (Phi) is 2.89. The lowest BCUT2D eigenvalue weighted by molar-refractivity contribution is 1.01. The Morgan fingerprint density at radius 3 is 2.62 bits per heavy atom. The van der Waals surface area contributed by atoms with Crippen molar-refractivity contribution in [3.63, 3.8) is 0 Å². The topological polar surface area (TPSA) is 59.6 Å². The van der Waals surface area contributed by atoms with Gasteiger partial charge < -0.3 is 5.32 Å². The Labute approximate surface area is 77.2 Å². The molecule has 1 aromatic rings. The first-order chi connectivity index (χ1) is 6.27. The van der Waals surface area contributed by atoms with Crippen molar-refractivity contribution >= 4 is 5.69 Å². The van der Waals surface area contributed by atoms with Gasteiger partial charge in [-0.1, -0.05) is 12.1 Å². The van der Waals surface area contributed by atoms with Crippen LogP contribution in [-0.4, -0.2) is 6.04 Å². The fourth-order valence-corrected chi connectivity index (χ4v) is 0.972. The highest BCUT2D eigenvalue weighted by atomic mass is 14.9. The summed E-state index contributed by atoms with van der Waals surface area (Å²) < 4.78 is 0. The second-order valence-electron chi connectivity index (χ2n) is 2.65. The molecular formula is C10H9N3. The standard InChI is InChI=1S/C10H9N3/c1-8(6-11)13-10-5-3-2-4-9(10)7-12/h2-5,8,13H,1H3. The average Bonchev–Trinajstić information content (AvgIpc) is 2.18. The number of benzene rings is 1. The second-order valence-corrected chi connectivity index (χ2v) is 2.65. The number of hydrogen-bond acceptors (Lipinski definition) is 3. The van der Waals surface area contributed by atoms with E-state index in [0.29, 0.717) is 11.3 Å². The minimum atomic E-state index is -0.283. The fourth-order valence-electron chi connectivity index (χ4n) is 0.972. The van der Waals surface area contributed by atoms with Gasteiger partial charge in [-0.3, -0.25) is 0 Å². The third kappa shape index (κ3) is 2.21. The number of para-hydroxylation sites is 1. The highest BCUT2D eigenvalue weighted by Crippen LogP contribution is 2.14. The molecule has 0 aromatic heterocycles. The minimum absolute atomic E-state index is 0.283. The van der Waals surface area contributed by atoms with Crippen LogP contribution >= 0.6 is 0 Å². The molecule has 1 aromatic carbocycles. The summed E-state index contributed by atoms with van der Waals surface area (Å²) in [4.78, 5) is 0. The third-order valence-corrected chi connectivity index (χ3v) is 1.61. The minimum Gasteiger partial charge on any atom is -0.369 e. The van der Waals surface area contributed by atoms with E-state index in [2.05, 4.69) is 11.4 Å². The molecule has 1 atom stereocenters. The van der Waals surface area contributed by atoms with Crippen molar-refractivity contribution < 1.29 is 0 Å². The van der Waals surface area contributed by atoms with Crippen LogP contribution in [0.4, 0.5) is 5.69 Å². The van der Waals surface area contributed by atoms with E-state index in [1.54, 1.807) is 25.1 Å². The van der Waals surface area contributed by atoms with Crippen LogP contribution in [0, 0.1) is 22.7 Å². The molecular weight excluding hydrogens is 162 g/mol. The smallest absolute Gasteiger partial charge is 0.111 e. The molecule has 0 saturated carbocycles. The molecule has 0 spiro atoms. The molecule has 64 valence electrons. The maximum Gasteiger partial charge on any atom is 0.111 e. The predicted molar refractivity (Wildman–Crippen MR) is 49.9 cm³/mol. The van der Waals surface area contributed by atoms with Gasteiger partial charge in [-0.2, -0.15) is 10.5 Å². The van der Waals surface area contributed by atoms with E-state index in [1.807, 2.05) is 12.1 Å². The van der Waals surface area contributed by atoms with E-state index >= 15 is 0 Å². The molecule has 0 aliphatic rings. The van der Waals surface area contributed by atoms with Crippen molar-refractivity contribution in [3.05, 3.63) is 29.8 Å². The Balaban J connectivity index is 2.90. The maximum absolute atomic E-state index is 8.73. The summed E-state index contributed by atoms with van der Waals surface area (Å²) in [5.41, 5.74) is 1.27. The molecule has 0 amide bonds. The lowest BCUT2D eigenvalue weighted by Crippen LogP contribution is -2.12. The first-order valence-electron chi connectivity index (χ1n) is 3.93. The van der Waals surface area contributed by atoms with Crippen LogP contribution in [0.1, 0.15) is 12.5 Å². The zero-order valence-corrected chi connectivity index (χ0v) is 7.28. The van der Waals surface area contributed by atoms with Crippen LogP contribution in [0.15, 0.2) is 24.3 Å². The van der Waals surface area contributed by atoms with Crippen LogP contribution < -0.4 is 5.32 Å². The molecule has 0 saturated heterocycles. The van der Waals surface area contributed by atoms with Gasteiger partial charge >= 0.3 is 0 Å². The van der Waals surface area contributed by atoms with Crippen LogP contribution in [0.25, 0.3) is 0 Å². The van der Waals surface area contributed by atoms with E-state index in [4.69, 9.17) is 10.5 Å². The average molecular weight is 171 g/mol.